The Bertz CT molecular complexity index is 262. The first-order chi connectivity index (χ1) is 8.22. The molecule has 0 aromatic rings. The number of hydrogen-bond donors (Lipinski definition) is 1. The number of carbonyl (C=O) groups is 1. The van der Waals surface area contributed by atoms with Gasteiger partial charge in [0.05, 0.1) is 6.10 Å². The number of aliphatic hydroxyl groups is 1. The summed E-state index contributed by atoms with van der Waals surface area (Å²) in [6.45, 7) is 5.42. The van der Waals surface area contributed by atoms with Crippen molar-refractivity contribution >= 4 is 5.91 Å². The Morgan fingerprint density at radius 1 is 1.18 bits per heavy atom. The van der Waals surface area contributed by atoms with Gasteiger partial charge in [0.2, 0.25) is 5.91 Å². The van der Waals surface area contributed by atoms with Crippen molar-refractivity contribution in [1.82, 2.24) is 9.80 Å². The van der Waals surface area contributed by atoms with E-state index in [1.165, 1.54) is 6.42 Å². The van der Waals surface area contributed by atoms with Gasteiger partial charge in [-0.25, -0.2) is 0 Å². The van der Waals surface area contributed by atoms with Crippen LogP contribution in [0.5, 0.6) is 0 Å². The first kappa shape index (κ1) is 12.8. The maximum absolute atomic E-state index is 11.6. The summed E-state index contributed by atoms with van der Waals surface area (Å²) < 4.78 is 0. The van der Waals surface area contributed by atoms with Crippen LogP contribution >= 0.6 is 0 Å². The van der Waals surface area contributed by atoms with Crippen molar-refractivity contribution in [2.45, 2.75) is 51.2 Å². The summed E-state index contributed by atoms with van der Waals surface area (Å²) in [7, 11) is 0. The molecule has 1 N–H and O–H groups in total. The molecule has 1 aliphatic carbocycles. The van der Waals surface area contributed by atoms with E-state index in [0.29, 0.717) is 12.5 Å². The number of aliphatic hydroxyl groups excluding tert-OH is 1. The van der Waals surface area contributed by atoms with Crippen LogP contribution in [0.3, 0.4) is 0 Å². The maximum atomic E-state index is 11.6. The number of carbonyl (C=O) groups excluding carboxylic acids is 1. The van der Waals surface area contributed by atoms with E-state index in [-0.39, 0.29) is 12.0 Å². The van der Waals surface area contributed by atoms with E-state index >= 15 is 0 Å². The van der Waals surface area contributed by atoms with Gasteiger partial charge in [-0.2, -0.15) is 0 Å². The quantitative estimate of drug-likeness (QED) is 0.778. The largest absolute Gasteiger partial charge is 0.391 e. The molecule has 1 saturated carbocycles. The van der Waals surface area contributed by atoms with Crippen molar-refractivity contribution < 1.29 is 9.90 Å². The zero-order valence-corrected chi connectivity index (χ0v) is 10.8. The molecular weight excluding hydrogens is 216 g/mol. The van der Waals surface area contributed by atoms with Crippen LogP contribution in [0, 0.1) is 0 Å². The van der Waals surface area contributed by atoms with E-state index in [9.17, 15) is 9.90 Å². The number of nitrogens with zero attached hydrogens (tertiary/aromatic N) is 2. The van der Waals surface area contributed by atoms with Crippen molar-refractivity contribution in [2.75, 3.05) is 26.2 Å². The fourth-order valence-electron chi connectivity index (χ4n) is 3.04. The highest BCUT2D eigenvalue weighted by Gasteiger charge is 2.31. The lowest BCUT2D eigenvalue weighted by atomic mass is 9.91. The minimum absolute atomic E-state index is 0.155. The standard InChI is InChI=1S/C13H24N2O2/c1-2-13(17)15-9-7-14(8-10-15)11-5-3-4-6-12(11)16/h11-12,16H,2-10H2,1H3. The minimum Gasteiger partial charge on any atom is -0.391 e. The number of amides is 1. The van der Waals surface area contributed by atoms with Gasteiger partial charge in [-0.3, -0.25) is 9.69 Å². The Morgan fingerprint density at radius 3 is 2.41 bits per heavy atom. The average molecular weight is 240 g/mol. The zero-order valence-electron chi connectivity index (χ0n) is 10.8. The van der Waals surface area contributed by atoms with Gasteiger partial charge >= 0.3 is 0 Å². The highest BCUT2D eigenvalue weighted by Crippen LogP contribution is 2.24. The lowest BCUT2D eigenvalue weighted by Crippen LogP contribution is -2.55. The van der Waals surface area contributed by atoms with E-state index in [4.69, 9.17) is 0 Å². The molecule has 4 nitrogen and oxygen atoms in total. The van der Waals surface area contributed by atoms with Crippen LogP contribution in [0.25, 0.3) is 0 Å². The van der Waals surface area contributed by atoms with Gasteiger partial charge in [0.25, 0.3) is 0 Å². The molecule has 2 atom stereocenters. The summed E-state index contributed by atoms with van der Waals surface area (Å²) in [4.78, 5) is 15.9. The van der Waals surface area contributed by atoms with Gasteiger partial charge in [-0.15, -0.1) is 0 Å². The highest BCUT2D eigenvalue weighted by molar-refractivity contribution is 5.75. The highest BCUT2D eigenvalue weighted by atomic mass is 16.3. The number of piperazine rings is 1. The molecule has 17 heavy (non-hydrogen) atoms. The second-order valence-corrected chi connectivity index (χ2v) is 5.19. The van der Waals surface area contributed by atoms with Crippen LogP contribution in [0.2, 0.25) is 0 Å². The molecule has 4 heteroatoms. The van der Waals surface area contributed by atoms with Gasteiger partial charge < -0.3 is 10.0 Å². The van der Waals surface area contributed by atoms with Crippen LogP contribution in [0.4, 0.5) is 0 Å². The maximum Gasteiger partial charge on any atom is 0.222 e. The van der Waals surface area contributed by atoms with Crippen LogP contribution < -0.4 is 0 Å². The number of hydrogen-bond acceptors (Lipinski definition) is 3. The monoisotopic (exact) mass is 240 g/mol. The zero-order chi connectivity index (χ0) is 12.3. The van der Waals surface area contributed by atoms with Crippen LogP contribution in [0.15, 0.2) is 0 Å². The molecule has 1 saturated heterocycles. The van der Waals surface area contributed by atoms with Crippen molar-refractivity contribution in [3.63, 3.8) is 0 Å². The van der Waals surface area contributed by atoms with Crippen molar-refractivity contribution in [3.05, 3.63) is 0 Å². The Hall–Kier alpha value is -0.610. The SMILES string of the molecule is CCC(=O)N1CCN(C2CCCCC2O)CC1. The Morgan fingerprint density at radius 2 is 1.82 bits per heavy atom. The average Bonchev–Trinajstić information content (AvgIpc) is 2.39. The molecule has 2 aliphatic rings. The molecule has 0 radical (unpaired) electrons. The first-order valence-electron chi connectivity index (χ1n) is 6.92. The van der Waals surface area contributed by atoms with E-state index in [1.54, 1.807) is 0 Å². The fourth-order valence-corrected chi connectivity index (χ4v) is 3.04. The van der Waals surface area contributed by atoms with E-state index in [2.05, 4.69) is 4.90 Å². The fraction of sp³-hybridized carbons (Fsp3) is 0.923. The third-order valence-electron chi connectivity index (χ3n) is 4.13. The summed E-state index contributed by atoms with van der Waals surface area (Å²) >= 11 is 0. The molecule has 98 valence electrons. The van der Waals surface area contributed by atoms with Crippen molar-refractivity contribution in [1.29, 1.82) is 0 Å². The van der Waals surface area contributed by atoms with Crippen molar-refractivity contribution in [3.8, 4) is 0 Å². The van der Waals surface area contributed by atoms with E-state index in [0.717, 1.165) is 45.4 Å². The van der Waals surface area contributed by atoms with E-state index < -0.39 is 0 Å². The Labute approximate surface area is 104 Å². The van der Waals surface area contributed by atoms with Crippen LogP contribution in [0.1, 0.15) is 39.0 Å². The summed E-state index contributed by atoms with van der Waals surface area (Å²) in [5.74, 6) is 0.258. The third-order valence-corrected chi connectivity index (χ3v) is 4.13. The van der Waals surface area contributed by atoms with Gasteiger partial charge in [0.1, 0.15) is 0 Å². The molecule has 1 heterocycles. The first-order valence-corrected chi connectivity index (χ1v) is 6.92. The predicted molar refractivity (Wildman–Crippen MR) is 66.7 cm³/mol. The van der Waals surface area contributed by atoms with Gasteiger partial charge in [0, 0.05) is 38.6 Å². The lowest BCUT2D eigenvalue weighted by molar-refractivity contribution is -0.133. The summed E-state index contributed by atoms with van der Waals surface area (Å²) in [6, 6.07) is 0.336. The molecule has 2 rings (SSSR count). The molecule has 2 fully saturated rings. The number of rotatable bonds is 2. The smallest absolute Gasteiger partial charge is 0.222 e. The molecule has 1 aliphatic heterocycles. The van der Waals surface area contributed by atoms with Crippen LogP contribution in [-0.4, -0.2) is 59.1 Å². The minimum atomic E-state index is -0.155. The van der Waals surface area contributed by atoms with Crippen molar-refractivity contribution in [2.24, 2.45) is 0 Å². The Balaban J connectivity index is 1.83. The van der Waals surface area contributed by atoms with Gasteiger partial charge in [0.15, 0.2) is 0 Å². The summed E-state index contributed by atoms with van der Waals surface area (Å²) in [6.07, 6.45) is 4.90. The lowest BCUT2D eigenvalue weighted by Gasteiger charge is -2.42. The van der Waals surface area contributed by atoms with Gasteiger partial charge in [-0.05, 0) is 12.8 Å². The second-order valence-electron chi connectivity index (χ2n) is 5.19. The molecule has 2 unspecified atom stereocenters. The van der Waals surface area contributed by atoms with Crippen LogP contribution in [-0.2, 0) is 4.79 Å². The van der Waals surface area contributed by atoms with E-state index in [1.807, 2.05) is 11.8 Å². The normalized spacial score (nSPS) is 31.5. The molecule has 0 bridgehead atoms. The molecular formula is C13H24N2O2. The Kier molecular flexibility index (Phi) is 4.40. The van der Waals surface area contributed by atoms with Gasteiger partial charge in [-0.1, -0.05) is 19.8 Å². The second kappa shape index (κ2) is 5.83. The molecule has 0 spiro atoms. The third kappa shape index (κ3) is 2.99. The topological polar surface area (TPSA) is 43.8 Å². The molecule has 0 aromatic heterocycles. The molecule has 0 aromatic carbocycles. The predicted octanol–water partition coefficient (Wildman–Crippen LogP) is 0.844. The summed E-state index contributed by atoms with van der Waals surface area (Å²) in [5, 5.41) is 10.0. The molecule has 1 amide bonds. The summed E-state index contributed by atoms with van der Waals surface area (Å²) in [5.41, 5.74) is 0.